The lowest BCUT2D eigenvalue weighted by atomic mass is 10.1. The summed E-state index contributed by atoms with van der Waals surface area (Å²) in [7, 11) is 0. The Morgan fingerprint density at radius 2 is 2.00 bits per heavy atom. The van der Waals surface area contributed by atoms with Crippen molar-refractivity contribution in [3.05, 3.63) is 45.2 Å². The molecule has 0 saturated carbocycles. The van der Waals surface area contributed by atoms with Crippen molar-refractivity contribution < 1.29 is 4.79 Å². The normalized spacial score (nSPS) is 10.1. The number of nitrogens with zero attached hydrogens (tertiary/aromatic N) is 2. The van der Waals surface area contributed by atoms with Crippen molar-refractivity contribution in [3.8, 4) is 0 Å². The molecule has 0 bridgehead atoms. The van der Waals surface area contributed by atoms with Gasteiger partial charge in [0, 0.05) is 10.2 Å². The van der Waals surface area contributed by atoms with E-state index in [4.69, 9.17) is 5.73 Å². The molecule has 0 radical (unpaired) electrons. The first-order valence-corrected chi connectivity index (χ1v) is 6.49. The standard InChI is InChI=1S/C11H8Br2N4O/c12-6-1-2-7(8(14)3-6)11(18)17-10-5-15-9(13)4-16-10/h1-5H,14H2,(H,16,17,18). The van der Waals surface area contributed by atoms with Gasteiger partial charge in [0.05, 0.1) is 18.0 Å². The molecule has 2 aromatic rings. The predicted octanol–water partition coefficient (Wildman–Crippen LogP) is 2.84. The average Bonchev–Trinajstić information content (AvgIpc) is 2.32. The Hall–Kier alpha value is -1.47. The Morgan fingerprint density at radius 3 is 2.61 bits per heavy atom. The molecular weight excluding hydrogens is 364 g/mol. The first-order valence-electron chi connectivity index (χ1n) is 4.90. The molecule has 5 nitrogen and oxygen atoms in total. The number of nitrogens with one attached hydrogen (secondary N) is 1. The SMILES string of the molecule is Nc1cc(Br)ccc1C(=O)Nc1cnc(Br)cn1. The zero-order valence-electron chi connectivity index (χ0n) is 9.02. The van der Waals surface area contributed by atoms with Gasteiger partial charge in [0.2, 0.25) is 0 Å². The fraction of sp³-hybridized carbons (Fsp3) is 0. The van der Waals surface area contributed by atoms with Gasteiger partial charge in [-0.15, -0.1) is 0 Å². The van der Waals surface area contributed by atoms with Crippen LogP contribution in [0.2, 0.25) is 0 Å². The summed E-state index contributed by atoms with van der Waals surface area (Å²) in [4.78, 5) is 19.9. The van der Waals surface area contributed by atoms with E-state index in [1.165, 1.54) is 12.4 Å². The lowest BCUT2D eigenvalue weighted by molar-refractivity contribution is 0.102. The zero-order valence-corrected chi connectivity index (χ0v) is 12.2. The number of carbonyl (C=O) groups is 1. The summed E-state index contributed by atoms with van der Waals surface area (Å²) in [6, 6.07) is 5.06. The van der Waals surface area contributed by atoms with Crippen molar-refractivity contribution in [2.75, 3.05) is 11.1 Å². The lowest BCUT2D eigenvalue weighted by Gasteiger charge is -2.06. The third-order valence-corrected chi connectivity index (χ3v) is 3.02. The molecule has 92 valence electrons. The second-order valence-corrected chi connectivity index (χ2v) is 5.14. The molecule has 1 aromatic carbocycles. The van der Waals surface area contributed by atoms with Crippen LogP contribution in [0, 0.1) is 0 Å². The van der Waals surface area contributed by atoms with Crippen LogP contribution in [0.4, 0.5) is 11.5 Å². The second-order valence-electron chi connectivity index (χ2n) is 3.41. The van der Waals surface area contributed by atoms with Crippen LogP contribution >= 0.6 is 31.9 Å². The highest BCUT2D eigenvalue weighted by Crippen LogP contribution is 2.19. The number of rotatable bonds is 2. The molecule has 0 fully saturated rings. The number of nitrogen functional groups attached to an aromatic ring is 1. The van der Waals surface area contributed by atoms with Gasteiger partial charge >= 0.3 is 0 Å². The summed E-state index contributed by atoms with van der Waals surface area (Å²) in [5.74, 6) is 0.0436. The molecule has 0 aliphatic heterocycles. The Labute approximate surface area is 120 Å². The van der Waals surface area contributed by atoms with Gasteiger partial charge in [-0.1, -0.05) is 15.9 Å². The molecular formula is C11H8Br2N4O. The van der Waals surface area contributed by atoms with E-state index in [0.29, 0.717) is 21.7 Å². The van der Waals surface area contributed by atoms with Crippen molar-refractivity contribution >= 4 is 49.3 Å². The molecule has 0 aliphatic carbocycles. The molecule has 3 N–H and O–H groups in total. The van der Waals surface area contributed by atoms with Crippen LogP contribution in [0.25, 0.3) is 0 Å². The third kappa shape index (κ3) is 3.05. The van der Waals surface area contributed by atoms with Gasteiger partial charge in [0.15, 0.2) is 5.82 Å². The molecule has 0 aliphatic rings. The Balaban J connectivity index is 2.19. The largest absolute Gasteiger partial charge is 0.398 e. The van der Waals surface area contributed by atoms with Gasteiger partial charge in [-0.2, -0.15) is 0 Å². The van der Waals surface area contributed by atoms with E-state index >= 15 is 0 Å². The molecule has 18 heavy (non-hydrogen) atoms. The summed E-state index contributed by atoms with van der Waals surface area (Å²) >= 11 is 6.45. The van der Waals surface area contributed by atoms with Crippen LogP contribution < -0.4 is 11.1 Å². The van der Waals surface area contributed by atoms with Crippen LogP contribution in [0.5, 0.6) is 0 Å². The number of benzene rings is 1. The molecule has 2 rings (SSSR count). The average molecular weight is 372 g/mol. The second kappa shape index (κ2) is 5.45. The Kier molecular flexibility index (Phi) is 3.93. The van der Waals surface area contributed by atoms with Crippen LogP contribution in [0.3, 0.4) is 0 Å². The Morgan fingerprint density at radius 1 is 1.22 bits per heavy atom. The van der Waals surface area contributed by atoms with Crippen molar-refractivity contribution in [3.63, 3.8) is 0 Å². The first kappa shape index (κ1) is 13.0. The number of hydrogen-bond acceptors (Lipinski definition) is 4. The molecule has 0 saturated heterocycles. The molecule has 1 aromatic heterocycles. The molecule has 1 heterocycles. The summed E-state index contributed by atoms with van der Waals surface area (Å²) in [6.45, 7) is 0. The maximum Gasteiger partial charge on any atom is 0.258 e. The van der Waals surface area contributed by atoms with Gasteiger partial charge in [-0.05, 0) is 34.1 Å². The van der Waals surface area contributed by atoms with E-state index in [2.05, 4.69) is 47.1 Å². The quantitative estimate of drug-likeness (QED) is 0.795. The highest BCUT2D eigenvalue weighted by molar-refractivity contribution is 9.10. The van der Waals surface area contributed by atoms with E-state index < -0.39 is 0 Å². The van der Waals surface area contributed by atoms with Crippen LogP contribution in [-0.4, -0.2) is 15.9 Å². The van der Waals surface area contributed by atoms with Crippen LogP contribution in [0.15, 0.2) is 39.7 Å². The number of hydrogen-bond donors (Lipinski definition) is 2. The van der Waals surface area contributed by atoms with Crippen molar-refractivity contribution in [1.29, 1.82) is 0 Å². The molecule has 7 heteroatoms. The first-order chi connectivity index (χ1) is 8.56. The van der Waals surface area contributed by atoms with E-state index in [1.807, 2.05) is 0 Å². The predicted molar refractivity (Wildman–Crippen MR) is 76.2 cm³/mol. The number of amides is 1. The summed E-state index contributed by atoms with van der Waals surface area (Å²) in [5.41, 5.74) is 6.55. The summed E-state index contributed by atoms with van der Waals surface area (Å²) < 4.78 is 1.42. The fourth-order valence-corrected chi connectivity index (χ4v) is 1.88. The van der Waals surface area contributed by atoms with E-state index in [-0.39, 0.29) is 5.91 Å². The minimum absolute atomic E-state index is 0.323. The summed E-state index contributed by atoms with van der Waals surface area (Å²) in [5, 5.41) is 2.62. The maximum atomic E-state index is 11.9. The number of aromatic nitrogens is 2. The smallest absolute Gasteiger partial charge is 0.258 e. The number of carbonyl (C=O) groups excluding carboxylic acids is 1. The van der Waals surface area contributed by atoms with Crippen molar-refractivity contribution in [2.45, 2.75) is 0 Å². The third-order valence-electron chi connectivity index (χ3n) is 2.12. The number of anilines is 2. The van der Waals surface area contributed by atoms with Gasteiger partial charge < -0.3 is 11.1 Å². The molecule has 0 atom stereocenters. The molecule has 1 amide bonds. The van der Waals surface area contributed by atoms with Crippen LogP contribution in [-0.2, 0) is 0 Å². The van der Waals surface area contributed by atoms with Gasteiger partial charge in [-0.3, -0.25) is 4.79 Å². The van der Waals surface area contributed by atoms with E-state index in [0.717, 1.165) is 4.47 Å². The zero-order chi connectivity index (χ0) is 13.1. The highest BCUT2D eigenvalue weighted by atomic mass is 79.9. The highest BCUT2D eigenvalue weighted by Gasteiger charge is 2.10. The van der Waals surface area contributed by atoms with Gasteiger partial charge in [0.25, 0.3) is 5.91 Å². The molecule has 0 spiro atoms. The summed E-state index contributed by atoms with van der Waals surface area (Å²) in [6.07, 6.45) is 2.96. The van der Waals surface area contributed by atoms with E-state index in [1.54, 1.807) is 18.2 Å². The van der Waals surface area contributed by atoms with Crippen molar-refractivity contribution in [1.82, 2.24) is 9.97 Å². The van der Waals surface area contributed by atoms with Gasteiger partial charge in [-0.25, -0.2) is 9.97 Å². The minimum Gasteiger partial charge on any atom is -0.398 e. The van der Waals surface area contributed by atoms with Gasteiger partial charge in [0.1, 0.15) is 4.60 Å². The Bertz CT molecular complexity index is 586. The van der Waals surface area contributed by atoms with Crippen LogP contribution in [0.1, 0.15) is 10.4 Å². The fourth-order valence-electron chi connectivity index (χ4n) is 1.30. The molecule has 0 unspecified atom stereocenters. The number of halogens is 2. The minimum atomic E-state index is -0.323. The lowest BCUT2D eigenvalue weighted by Crippen LogP contribution is -2.15. The topological polar surface area (TPSA) is 80.9 Å². The number of nitrogens with two attached hydrogens (primary N) is 1. The van der Waals surface area contributed by atoms with E-state index in [9.17, 15) is 4.79 Å². The monoisotopic (exact) mass is 370 g/mol. The van der Waals surface area contributed by atoms with Crippen molar-refractivity contribution in [2.24, 2.45) is 0 Å². The maximum absolute atomic E-state index is 11.9.